The molecule has 3 rings (SSSR count). The highest BCUT2D eigenvalue weighted by molar-refractivity contribution is 7.09. The monoisotopic (exact) mass is 318 g/mol. The summed E-state index contributed by atoms with van der Waals surface area (Å²) in [6.45, 7) is 3.78. The number of amides is 2. The van der Waals surface area contributed by atoms with Crippen LogP contribution < -0.4 is 10.1 Å². The van der Waals surface area contributed by atoms with Crippen molar-refractivity contribution < 1.29 is 9.53 Å². The van der Waals surface area contributed by atoms with Crippen molar-refractivity contribution >= 4 is 17.4 Å². The van der Waals surface area contributed by atoms with Gasteiger partial charge in [0.2, 0.25) is 0 Å². The van der Waals surface area contributed by atoms with Gasteiger partial charge in [-0.1, -0.05) is 0 Å². The number of urea groups is 1. The standard InChI is InChI=1S/C15H18N4O2S/c1-11-14(22-10-18-11)8-17-15(20)19-6-4-13(9-19)21-12-3-2-5-16-7-12/h2-3,5,7,10,13H,4,6,8-9H2,1H3,(H,17,20)/t13-/m1/s1. The van der Waals surface area contributed by atoms with E-state index in [0.29, 0.717) is 19.6 Å². The number of carbonyl (C=O) groups excluding carboxylic acids is 1. The van der Waals surface area contributed by atoms with Crippen molar-refractivity contribution in [2.24, 2.45) is 0 Å². The minimum atomic E-state index is -0.0508. The van der Waals surface area contributed by atoms with Crippen molar-refractivity contribution in [3.63, 3.8) is 0 Å². The van der Waals surface area contributed by atoms with E-state index in [9.17, 15) is 4.79 Å². The molecular formula is C15H18N4O2S. The Morgan fingerprint density at radius 1 is 1.59 bits per heavy atom. The molecule has 3 heterocycles. The van der Waals surface area contributed by atoms with Gasteiger partial charge in [-0.25, -0.2) is 9.78 Å². The molecule has 0 unspecified atom stereocenters. The third-order valence-electron chi connectivity index (χ3n) is 3.61. The van der Waals surface area contributed by atoms with E-state index in [0.717, 1.165) is 22.7 Å². The predicted octanol–water partition coefficient (Wildman–Crippen LogP) is 2.21. The zero-order chi connectivity index (χ0) is 15.4. The number of thiazole rings is 1. The van der Waals surface area contributed by atoms with Gasteiger partial charge in [0, 0.05) is 24.0 Å². The number of carbonyl (C=O) groups is 1. The first-order chi connectivity index (χ1) is 10.7. The number of hydrogen-bond acceptors (Lipinski definition) is 5. The topological polar surface area (TPSA) is 67.4 Å². The number of pyridine rings is 1. The summed E-state index contributed by atoms with van der Waals surface area (Å²) in [6.07, 6.45) is 4.26. The lowest BCUT2D eigenvalue weighted by atomic mass is 10.3. The minimum absolute atomic E-state index is 0.0279. The molecule has 0 spiro atoms. The molecule has 1 aliphatic rings. The highest BCUT2D eigenvalue weighted by Gasteiger charge is 2.27. The maximum Gasteiger partial charge on any atom is 0.317 e. The quantitative estimate of drug-likeness (QED) is 0.938. The van der Waals surface area contributed by atoms with Crippen LogP contribution in [-0.4, -0.2) is 40.1 Å². The highest BCUT2D eigenvalue weighted by atomic mass is 32.1. The number of rotatable bonds is 4. The summed E-state index contributed by atoms with van der Waals surface area (Å²) in [5.74, 6) is 0.745. The lowest BCUT2D eigenvalue weighted by molar-refractivity contribution is 0.186. The summed E-state index contributed by atoms with van der Waals surface area (Å²) < 4.78 is 5.83. The lowest BCUT2D eigenvalue weighted by Gasteiger charge is -2.17. The number of nitrogens with one attached hydrogen (secondary N) is 1. The first-order valence-corrected chi connectivity index (χ1v) is 8.09. The number of likely N-dealkylation sites (tertiary alicyclic amines) is 1. The molecule has 7 heteroatoms. The van der Waals surface area contributed by atoms with Gasteiger partial charge in [0.05, 0.1) is 30.5 Å². The van der Waals surface area contributed by atoms with Gasteiger partial charge >= 0.3 is 6.03 Å². The van der Waals surface area contributed by atoms with E-state index in [-0.39, 0.29) is 12.1 Å². The van der Waals surface area contributed by atoms with Crippen molar-refractivity contribution in [3.05, 3.63) is 40.6 Å². The third-order valence-corrected chi connectivity index (χ3v) is 4.55. The van der Waals surface area contributed by atoms with Crippen molar-refractivity contribution in [1.29, 1.82) is 0 Å². The Kier molecular flexibility index (Phi) is 4.53. The Bertz CT molecular complexity index is 631. The SMILES string of the molecule is Cc1ncsc1CNC(=O)N1CC[C@@H](Oc2cccnc2)C1. The van der Waals surface area contributed by atoms with Crippen LogP contribution in [0.2, 0.25) is 0 Å². The van der Waals surface area contributed by atoms with E-state index in [4.69, 9.17) is 4.74 Å². The molecule has 6 nitrogen and oxygen atoms in total. The molecule has 0 radical (unpaired) electrons. The summed E-state index contributed by atoms with van der Waals surface area (Å²) in [5.41, 5.74) is 2.77. The average Bonchev–Trinajstić information content (AvgIpc) is 3.15. The fourth-order valence-electron chi connectivity index (χ4n) is 2.38. The van der Waals surface area contributed by atoms with Crippen LogP contribution in [0.25, 0.3) is 0 Å². The van der Waals surface area contributed by atoms with Crippen molar-refractivity contribution in [3.8, 4) is 5.75 Å². The minimum Gasteiger partial charge on any atom is -0.487 e. The molecular weight excluding hydrogens is 300 g/mol. The lowest BCUT2D eigenvalue weighted by Crippen LogP contribution is -2.39. The molecule has 2 aromatic rings. The number of ether oxygens (including phenoxy) is 1. The number of hydrogen-bond donors (Lipinski definition) is 1. The van der Waals surface area contributed by atoms with Crippen LogP contribution in [0.15, 0.2) is 30.0 Å². The second-order valence-electron chi connectivity index (χ2n) is 5.18. The fraction of sp³-hybridized carbons (Fsp3) is 0.400. The van der Waals surface area contributed by atoms with Crippen LogP contribution in [0.3, 0.4) is 0 Å². The van der Waals surface area contributed by atoms with Gasteiger partial charge in [-0.15, -0.1) is 11.3 Å². The van der Waals surface area contributed by atoms with Gasteiger partial charge in [-0.05, 0) is 19.1 Å². The average molecular weight is 318 g/mol. The molecule has 22 heavy (non-hydrogen) atoms. The van der Waals surface area contributed by atoms with E-state index in [1.165, 1.54) is 0 Å². The molecule has 0 saturated carbocycles. The van der Waals surface area contributed by atoms with E-state index in [1.54, 1.807) is 34.1 Å². The first kappa shape index (κ1) is 14.8. The summed E-state index contributed by atoms with van der Waals surface area (Å²) in [4.78, 5) is 23.3. The summed E-state index contributed by atoms with van der Waals surface area (Å²) in [6, 6.07) is 3.67. The van der Waals surface area contributed by atoms with Crippen LogP contribution in [0, 0.1) is 6.92 Å². The second-order valence-corrected chi connectivity index (χ2v) is 6.12. The first-order valence-electron chi connectivity index (χ1n) is 7.21. The fourth-order valence-corrected chi connectivity index (χ4v) is 3.10. The normalized spacial score (nSPS) is 17.5. The Morgan fingerprint density at radius 2 is 2.50 bits per heavy atom. The summed E-state index contributed by atoms with van der Waals surface area (Å²) >= 11 is 1.56. The zero-order valence-corrected chi connectivity index (χ0v) is 13.2. The third kappa shape index (κ3) is 3.54. The number of aryl methyl sites for hydroxylation is 1. The van der Waals surface area contributed by atoms with E-state index in [2.05, 4.69) is 15.3 Å². The largest absolute Gasteiger partial charge is 0.487 e. The maximum absolute atomic E-state index is 12.2. The molecule has 0 aliphatic carbocycles. The molecule has 1 aliphatic heterocycles. The van der Waals surface area contributed by atoms with E-state index >= 15 is 0 Å². The van der Waals surface area contributed by atoms with E-state index < -0.39 is 0 Å². The van der Waals surface area contributed by atoms with Crippen LogP contribution in [-0.2, 0) is 6.54 Å². The van der Waals surface area contributed by atoms with Crippen LogP contribution in [0.5, 0.6) is 5.75 Å². The molecule has 0 aromatic carbocycles. The molecule has 116 valence electrons. The van der Waals surface area contributed by atoms with Crippen LogP contribution in [0.4, 0.5) is 4.79 Å². The molecule has 1 saturated heterocycles. The van der Waals surface area contributed by atoms with Gasteiger partial charge in [0.25, 0.3) is 0 Å². The van der Waals surface area contributed by atoms with Gasteiger partial charge in [0.1, 0.15) is 11.9 Å². The molecule has 2 amide bonds. The molecule has 1 atom stereocenters. The number of nitrogens with zero attached hydrogens (tertiary/aromatic N) is 3. The summed E-state index contributed by atoms with van der Waals surface area (Å²) in [7, 11) is 0. The highest BCUT2D eigenvalue weighted by Crippen LogP contribution is 2.17. The molecule has 1 fully saturated rings. The molecule has 1 N–H and O–H groups in total. The molecule has 0 bridgehead atoms. The Morgan fingerprint density at radius 3 is 3.23 bits per heavy atom. The predicted molar refractivity (Wildman–Crippen MR) is 83.9 cm³/mol. The maximum atomic E-state index is 12.2. The van der Waals surface area contributed by atoms with Crippen molar-refractivity contribution in [2.75, 3.05) is 13.1 Å². The number of aromatic nitrogens is 2. The van der Waals surface area contributed by atoms with Crippen LogP contribution >= 0.6 is 11.3 Å². The van der Waals surface area contributed by atoms with Crippen molar-refractivity contribution in [2.45, 2.75) is 26.0 Å². The Balaban J connectivity index is 1.47. The van der Waals surface area contributed by atoms with E-state index in [1.807, 2.05) is 19.1 Å². The Labute approximate surface area is 133 Å². The van der Waals surface area contributed by atoms with Crippen LogP contribution in [0.1, 0.15) is 17.0 Å². The Hall–Kier alpha value is -2.15. The van der Waals surface area contributed by atoms with Gasteiger partial charge < -0.3 is 15.0 Å². The van der Waals surface area contributed by atoms with Gasteiger partial charge in [-0.3, -0.25) is 4.98 Å². The van der Waals surface area contributed by atoms with Crippen molar-refractivity contribution in [1.82, 2.24) is 20.2 Å². The zero-order valence-electron chi connectivity index (χ0n) is 12.4. The van der Waals surface area contributed by atoms with Gasteiger partial charge in [0.15, 0.2) is 0 Å². The molecule has 2 aromatic heterocycles. The second kappa shape index (κ2) is 6.74. The smallest absolute Gasteiger partial charge is 0.317 e. The summed E-state index contributed by atoms with van der Waals surface area (Å²) in [5, 5.41) is 2.94. The van der Waals surface area contributed by atoms with Gasteiger partial charge in [-0.2, -0.15) is 0 Å².